The zero-order valence-corrected chi connectivity index (χ0v) is 14.2. The summed E-state index contributed by atoms with van der Waals surface area (Å²) >= 11 is 0. The van der Waals surface area contributed by atoms with Crippen LogP contribution >= 0.6 is 0 Å². The molecule has 0 spiro atoms. The number of aromatic amines is 1. The van der Waals surface area contributed by atoms with Crippen LogP contribution in [0.15, 0.2) is 56.3 Å². The highest BCUT2D eigenvalue weighted by Gasteiger charge is 2.15. The number of hydrogen-bond acceptors (Lipinski definition) is 7. The molecular weight excluding hydrogens is 334 g/mol. The van der Waals surface area contributed by atoms with Gasteiger partial charge < -0.3 is 13.8 Å². The fourth-order valence-corrected chi connectivity index (χ4v) is 2.71. The maximum Gasteiger partial charge on any atom is 0.283 e. The molecule has 0 aliphatic heterocycles. The first-order valence-corrected chi connectivity index (χ1v) is 8.29. The average molecular weight is 351 g/mol. The molecule has 4 aromatic rings. The Morgan fingerprint density at radius 3 is 2.81 bits per heavy atom. The Hall–Kier alpha value is -3.26. The number of para-hydroxylation sites is 1. The summed E-state index contributed by atoms with van der Waals surface area (Å²) in [4.78, 5) is 21.6. The van der Waals surface area contributed by atoms with Gasteiger partial charge in [-0.2, -0.15) is 0 Å². The molecule has 4 rings (SSSR count). The lowest BCUT2D eigenvalue weighted by Gasteiger charge is -2.17. The van der Waals surface area contributed by atoms with Gasteiger partial charge in [0.15, 0.2) is 5.76 Å². The molecule has 0 unspecified atom stereocenters. The molecule has 0 aliphatic carbocycles. The molecule has 0 aliphatic rings. The molecule has 0 bridgehead atoms. The maximum atomic E-state index is 12.2. The second kappa shape index (κ2) is 6.93. The van der Waals surface area contributed by atoms with Crippen LogP contribution in [0.4, 0.5) is 0 Å². The van der Waals surface area contributed by atoms with Gasteiger partial charge in [0.05, 0.1) is 30.3 Å². The summed E-state index contributed by atoms with van der Waals surface area (Å²) in [5.41, 5.74) is 0.541. The van der Waals surface area contributed by atoms with Crippen molar-refractivity contribution >= 4 is 10.9 Å². The molecule has 0 saturated heterocycles. The van der Waals surface area contributed by atoms with E-state index in [0.29, 0.717) is 47.4 Å². The van der Waals surface area contributed by atoms with E-state index in [-0.39, 0.29) is 5.56 Å². The van der Waals surface area contributed by atoms with E-state index in [4.69, 9.17) is 8.83 Å². The van der Waals surface area contributed by atoms with Crippen molar-refractivity contribution in [2.45, 2.75) is 20.0 Å². The van der Waals surface area contributed by atoms with Crippen LogP contribution in [0.2, 0.25) is 0 Å². The minimum atomic E-state index is -0.139. The molecule has 8 nitrogen and oxygen atoms in total. The second-order valence-corrected chi connectivity index (χ2v) is 5.81. The van der Waals surface area contributed by atoms with Crippen molar-refractivity contribution in [2.24, 2.45) is 0 Å². The molecule has 1 N–H and O–H groups in total. The quantitative estimate of drug-likeness (QED) is 0.570. The summed E-state index contributed by atoms with van der Waals surface area (Å²) in [6, 6.07) is 10.8. The number of nitrogens with one attached hydrogen (secondary N) is 1. The minimum Gasteiger partial charge on any atom is -0.459 e. The molecule has 8 heteroatoms. The molecule has 3 aromatic heterocycles. The first-order valence-electron chi connectivity index (χ1n) is 8.29. The SMILES string of the molecule is CCN(Cc1nc2ccccc2c(=O)[nH]1)Cc1nnc(-c2ccco2)o1. The largest absolute Gasteiger partial charge is 0.459 e. The predicted molar refractivity (Wildman–Crippen MR) is 94.2 cm³/mol. The van der Waals surface area contributed by atoms with Crippen molar-refractivity contribution in [1.29, 1.82) is 0 Å². The van der Waals surface area contributed by atoms with E-state index >= 15 is 0 Å². The van der Waals surface area contributed by atoms with Crippen molar-refractivity contribution in [3.63, 3.8) is 0 Å². The standard InChI is InChI=1S/C18H17N5O3/c1-2-23(11-16-21-22-18(26-16)14-8-5-9-25-14)10-15-19-13-7-4-3-6-12(13)17(24)20-15/h3-9H,2,10-11H2,1H3,(H,19,20,24). The first kappa shape index (κ1) is 16.2. The summed E-state index contributed by atoms with van der Waals surface area (Å²) in [7, 11) is 0. The lowest BCUT2D eigenvalue weighted by molar-refractivity contribution is 0.237. The van der Waals surface area contributed by atoms with Crippen LogP contribution in [0.1, 0.15) is 18.6 Å². The summed E-state index contributed by atoms with van der Waals surface area (Å²) < 4.78 is 10.9. The van der Waals surface area contributed by atoms with Gasteiger partial charge in [-0.15, -0.1) is 10.2 Å². The average Bonchev–Trinajstić information content (AvgIpc) is 3.33. The Balaban J connectivity index is 1.52. The van der Waals surface area contributed by atoms with E-state index in [1.54, 1.807) is 24.5 Å². The second-order valence-electron chi connectivity index (χ2n) is 5.81. The zero-order valence-electron chi connectivity index (χ0n) is 14.2. The van der Waals surface area contributed by atoms with Crippen molar-refractivity contribution in [3.05, 3.63) is 64.7 Å². The van der Waals surface area contributed by atoms with Crippen molar-refractivity contribution in [3.8, 4) is 11.7 Å². The Labute approximate surface area is 148 Å². The Bertz CT molecular complexity index is 1070. The molecule has 3 heterocycles. The highest BCUT2D eigenvalue weighted by Crippen LogP contribution is 2.18. The van der Waals surface area contributed by atoms with E-state index in [1.807, 2.05) is 30.0 Å². The highest BCUT2D eigenvalue weighted by molar-refractivity contribution is 5.77. The Kier molecular flexibility index (Phi) is 4.32. The van der Waals surface area contributed by atoms with Crippen LogP contribution in [0, 0.1) is 0 Å². The number of nitrogens with zero attached hydrogens (tertiary/aromatic N) is 4. The highest BCUT2D eigenvalue weighted by atomic mass is 16.4. The van der Waals surface area contributed by atoms with Gasteiger partial charge in [-0.25, -0.2) is 4.98 Å². The van der Waals surface area contributed by atoms with Gasteiger partial charge in [-0.1, -0.05) is 19.1 Å². The number of furan rings is 1. The lowest BCUT2D eigenvalue weighted by atomic mass is 10.2. The van der Waals surface area contributed by atoms with E-state index in [1.165, 1.54) is 0 Å². The van der Waals surface area contributed by atoms with E-state index < -0.39 is 0 Å². The fraction of sp³-hybridized carbons (Fsp3) is 0.222. The van der Waals surface area contributed by atoms with Crippen molar-refractivity contribution in [1.82, 2.24) is 25.1 Å². The number of fused-ring (bicyclic) bond motifs is 1. The number of benzene rings is 1. The smallest absolute Gasteiger partial charge is 0.283 e. The minimum absolute atomic E-state index is 0.139. The number of aromatic nitrogens is 4. The van der Waals surface area contributed by atoms with Gasteiger partial charge in [0.1, 0.15) is 5.82 Å². The van der Waals surface area contributed by atoms with Gasteiger partial charge in [-0.3, -0.25) is 9.69 Å². The Morgan fingerprint density at radius 1 is 1.12 bits per heavy atom. The zero-order chi connectivity index (χ0) is 17.9. The van der Waals surface area contributed by atoms with Gasteiger partial charge in [0, 0.05) is 0 Å². The van der Waals surface area contributed by atoms with Crippen molar-refractivity contribution < 1.29 is 8.83 Å². The molecule has 0 atom stereocenters. The summed E-state index contributed by atoms with van der Waals surface area (Å²) in [5.74, 6) is 1.95. The van der Waals surface area contributed by atoms with Gasteiger partial charge in [0.25, 0.3) is 11.4 Å². The van der Waals surface area contributed by atoms with Crippen LogP contribution in [0.25, 0.3) is 22.6 Å². The fourth-order valence-electron chi connectivity index (χ4n) is 2.71. The molecular formula is C18H17N5O3. The van der Waals surface area contributed by atoms with E-state index in [2.05, 4.69) is 20.2 Å². The van der Waals surface area contributed by atoms with Crippen LogP contribution in [0.3, 0.4) is 0 Å². The Morgan fingerprint density at radius 2 is 2.00 bits per heavy atom. The van der Waals surface area contributed by atoms with Crippen molar-refractivity contribution in [2.75, 3.05) is 6.54 Å². The van der Waals surface area contributed by atoms with Gasteiger partial charge >= 0.3 is 0 Å². The maximum absolute atomic E-state index is 12.2. The molecule has 26 heavy (non-hydrogen) atoms. The monoisotopic (exact) mass is 351 g/mol. The normalized spacial score (nSPS) is 11.5. The lowest BCUT2D eigenvalue weighted by Crippen LogP contribution is -2.25. The molecule has 0 fully saturated rings. The van der Waals surface area contributed by atoms with E-state index in [0.717, 1.165) is 6.54 Å². The van der Waals surface area contributed by atoms with Crippen LogP contribution in [-0.2, 0) is 13.1 Å². The molecule has 0 amide bonds. The van der Waals surface area contributed by atoms with Gasteiger partial charge in [0.2, 0.25) is 5.89 Å². The van der Waals surface area contributed by atoms with Crippen LogP contribution in [-0.4, -0.2) is 31.6 Å². The molecule has 0 radical (unpaired) electrons. The molecule has 1 aromatic carbocycles. The number of hydrogen-bond donors (Lipinski definition) is 1. The van der Waals surface area contributed by atoms with E-state index in [9.17, 15) is 4.79 Å². The van der Waals surface area contributed by atoms with Crippen LogP contribution < -0.4 is 5.56 Å². The third-order valence-corrected chi connectivity index (χ3v) is 4.04. The summed E-state index contributed by atoms with van der Waals surface area (Å²) in [6.07, 6.45) is 1.55. The number of rotatable bonds is 6. The predicted octanol–water partition coefficient (Wildman–Crippen LogP) is 2.59. The van der Waals surface area contributed by atoms with Crippen LogP contribution in [0.5, 0.6) is 0 Å². The summed E-state index contributed by atoms with van der Waals surface area (Å²) in [6.45, 7) is 3.66. The van der Waals surface area contributed by atoms with Gasteiger partial charge in [-0.05, 0) is 30.8 Å². The molecule has 0 saturated carbocycles. The third-order valence-electron chi connectivity index (χ3n) is 4.04. The molecule has 132 valence electrons. The summed E-state index contributed by atoms with van der Waals surface area (Å²) in [5, 5.41) is 8.64. The third kappa shape index (κ3) is 3.27. The first-order chi connectivity index (χ1) is 12.7. The number of H-pyrrole nitrogens is 1. The topological polar surface area (TPSA) is 101 Å².